The molecule has 1 aliphatic heterocycles. The highest BCUT2D eigenvalue weighted by Crippen LogP contribution is 2.13. The van der Waals surface area contributed by atoms with Crippen molar-refractivity contribution < 1.29 is 14.1 Å². The largest absolute Gasteiger partial charge is 0.350 e. The SMILES string of the molecule is O=C1CCC(C(=O)NCCc2nc(-c3cccnc3)no2)=NN1. The Morgan fingerprint density at radius 3 is 3.04 bits per heavy atom. The maximum atomic E-state index is 11.9. The van der Waals surface area contributed by atoms with Gasteiger partial charge in [0, 0.05) is 43.8 Å². The molecule has 118 valence electrons. The van der Waals surface area contributed by atoms with Crippen molar-refractivity contribution in [2.24, 2.45) is 5.10 Å². The molecule has 0 aromatic carbocycles. The van der Waals surface area contributed by atoms with Crippen LogP contribution < -0.4 is 10.7 Å². The van der Waals surface area contributed by atoms with Crippen molar-refractivity contribution in [2.75, 3.05) is 6.54 Å². The van der Waals surface area contributed by atoms with Crippen LogP contribution in [0.3, 0.4) is 0 Å². The van der Waals surface area contributed by atoms with E-state index in [0.717, 1.165) is 5.56 Å². The summed E-state index contributed by atoms with van der Waals surface area (Å²) < 4.78 is 5.13. The lowest BCUT2D eigenvalue weighted by Crippen LogP contribution is -2.37. The molecule has 1 aliphatic rings. The quantitative estimate of drug-likeness (QED) is 0.804. The Morgan fingerprint density at radius 2 is 2.30 bits per heavy atom. The average molecular weight is 314 g/mol. The third-order valence-corrected chi connectivity index (χ3v) is 3.18. The fourth-order valence-corrected chi connectivity index (χ4v) is 1.99. The van der Waals surface area contributed by atoms with E-state index in [-0.39, 0.29) is 18.2 Å². The zero-order valence-corrected chi connectivity index (χ0v) is 12.2. The van der Waals surface area contributed by atoms with Gasteiger partial charge >= 0.3 is 0 Å². The van der Waals surface area contributed by atoms with Gasteiger partial charge in [-0.2, -0.15) is 10.1 Å². The molecular formula is C14H14N6O3. The third-order valence-electron chi connectivity index (χ3n) is 3.18. The molecule has 23 heavy (non-hydrogen) atoms. The minimum atomic E-state index is -0.308. The van der Waals surface area contributed by atoms with Crippen molar-refractivity contribution in [1.82, 2.24) is 25.9 Å². The van der Waals surface area contributed by atoms with Gasteiger partial charge in [-0.25, -0.2) is 5.43 Å². The second-order valence-corrected chi connectivity index (χ2v) is 4.85. The fourth-order valence-electron chi connectivity index (χ4n) is 1.99. The van der Waals surface area contributed by atoms with Gasteiger partial charge in [0.2, 0.25) is 17.6 Å². The highest BCUT2D eigenvalue weighted by Gasteiger charge is 2.18. The molecule has 0 aliphatic carbocycles. The Kier molecular flexibility index (Phi) is 4.37. The molecule has 0 atom stereocenters. The molecule has 9 heteroatoms. The molecule has 3 heterocycles. The van der Waals surface area contributed by atoms with Crippen LogP contribution in [0.5, 0.6) is 0 Å². The minimum absolute atomic E-state index is 0.185. The Hall–Kier alpha value is -3.10. The standard InChI is InChI=1S/C14H14N6O3/c21-11-4-3-10(18-19-11)14(22)16-7-5-12-17-13(20-23-12)9-2-1-6-15-8-9/h1-2,6,8H,3-5,7H2,(H,16,22)(H,19,21). The van der Waals surface area contributed by atoms with Crippen LogP contribution >= 0.6 is 0 Å². The van der Waals surface area contributed by atoms with Crippen molar-refractivity contribution in [3.63, 3.8) is 0 Å². The van der Waals surface area contributed by atoms with E-state index >= 15 is 0 Å². The summed E-state index contributed by atoms with van der Waals surface area (Å²) in [5.74, 6) is 0.383. The average Bonchev–Trinajstić information content (AvgIpc) is 3.05. The van der Waals surface area contributed by atoms with E-state index in [4.69, 9.17) is 4.52 Å². The lowest BCUT2D eigenvalue weighted by atomic mass is 10.1. The van der Waals surface area contributed by atoms with Crippen LogP contribution in [-0.2, 0) is 16.0 Å². The maximum Gasteiger partial charge on any atom is 0.267 e. The van der Waals surface area contributed by atoms with Crippen molar-refractivity contribution in [3.8, 4) is 11.4 Å². The first-order valence-corrected chi connectivity index (χ1v) is 7.09. The molecule has 0 saturated heterocycles. The van der Waals surface area contributed by atoms with E-state index in [1.807, 2.05) is 6.07 Å². The maximum absolute atomic E-state index is 11.9. The molecule has 0 unspecified atom stereocenters. The normalized spacial score (nSPS) is 14.1. The number of pyridine rings is 1. The van der Waals surface area contributed by atoms with Crippen LogP contribution in [0.1, 0.15) is 18.7 Å². The number of carbonyl (C=O) groups is 2. The summed E-state index contributed by atoms with van der Waals surface area (Å²) in [5, 5.41) is 10.3. The van der Waals surface area contributed by atoms with Crippen molar-refractivity contribution in [2.45, 2.75) is 19.3 Å². The van der Waals surface area contributed by atoms with Gasteiger partial charge in [-0.15, -0.1) is 0 Å². The number of aromatic nitrogens is 3. The monoisotopic (exact) mass is 314 g/mol. The summed E-state index contributed by atoms with van der Waals surface area (Å²) in [4.78, 5) is 31.1. The molecule has 2 N–H and O–H groups in total. The number of amides is 2. The Labute approximate surface area is 131 Å². The van der Waals surface area contributed by atoms with E-state index in [1.165, 1.54) is 0 Å². The fraction of sp³-hybridized carbons (Fsp3) is 0.286. The smallest absolute Gasteiger partial charge is 0.267 e. The lowest BCUT2D eigenvalue weighted by Gasteiger charge is -2.11. The van der Waals surface area contributed by atoms with Crippen molar-refractivity contribution in [1.29, 1.82) is 0 Å². The van der Waals surface area contributed by atoms with E-state index in [2.05, 4.69) is 31.0 Å². The van der Waals surface area contributed by atoms with Gasteiger partial charge in [-0.3, -0.25) is 14.6 Å². The van der Waals surface area contributed by atoms with Gasteiger partial charge in [-0.1, -0.05) is 5.16 Å². The summed E-state index contributed by atoms with van der Waals surface area (Å²) >= 11 is 0. The molecule has 2 aromatic rings. The lowest BCUT2D eigenvalue weighted by molar-refractivity contribution is -0.121. The molecule has 0 spiro atoms. The Balaban J connectivity index is 1.51. The van der Waals surface area contributed by atoms with Gasteiger partial charge in [0.1, 0.15) is 5.71 Å². The number of nitrogens with one attached hydrogen (secondary N) is 2. The Bertz CT molecular complexity index is 740. The molecule has 2 amide bonds. The molecular weight excluding hydrogens is 300 g/mol. The number of nitrogens with zero attached hydrogens (tertiary/aromatic N) is 4. The molecule has 0 radical (unpaired) electrons. The number of hydrazone groups is 1. The first-order valence-electron chi connectivity index (χ1n) is 7.09. The molecule has 0 bridgehead atoms. The number of carbonyl (C=O) groups excluding carboxylic acids is 2. The van der Waals surface area contributed by atoms with Gasteiger partial charge in [0.05, 0.1) is 0 Å². The zero-order chi connectivity index (χ0) is 16.1. The van der Waals surface area contributed by atoms with Crippen molar-refractivity contribution >= 4 is 17.5 Å². The van der Waals surface area contributed by atoms with Gasteiger partial charge in [0.25, 0.3) is 5.91 Å². The van der Waals surface area contributed by atoms with Crippen molar-refractivity contribution in [3.05, 3.63) is 30.4 Å². The number of hydrogen-bond donors (Lipinski definition) is 2. The van der Waals surface area contributed by atoms with Crippen LogP contribution in [0, 0.1) is 0 Å². The first-order chi connectivity index (χ1) is 11.2. The van der Waals surface area contributed by atoms with E-state index < -0.39 is 0 Å². The zero-order valence-electron chi connectivity index (χ0n) is 12.2. The van der Waals surface area contributed by atoms with E-state index in [0.29, 0.717) is 36.8 Å². The summed E-state index contributed by atoms with van der Waals surface area (Å²) in [6.07, 6.45) is 4.31. The Morgan fingerprint density at radius 1 is 1.39 bits per heavy atom. The first kappa shape index (κ1) is 14.8. The minimum Gasteiger partial charge on any atom is -0.350 e. The molecule has 3 rings (SSSR count). The van der Waals surface area contributed by atoms with Gasteiger partial charge < -0.3 is 9.84 Å². The van der Waals surface area contributed by atoms with Crippen LogP contribution in [0.15, 0.2) is 34.2 Å². The van der Waals surface area contributed by atoms with Crippen LogP contribution in [0.4, 0.5) is 0 Å². The molecule has 0 saturated carbocycles. The third kappa shape index (κ3) is 3.76. The molecule has 0 fully saturated rings. The van der Waals surface area contributed by atoms with Gasteiger partial charge in [-0.05, 0) is 12.1 Å². The topological polar surface area (TPSA) is 122 Å². The summed E-state index contributed by atoms with van der Waals surface area (Å²) in [6, 6.07) is 3.62. The molecule has 9 nitrogen and oxygen atoms in total. The van der Waals surface area contributed by atoms with Gasteiger partial charge in [0.15, 0.2) is 0 Å². The predicted molar refractivity (Wildman–Crippen MR) is 79.1 cm³/mol. The van der Waals surface area contributed by atoms with Crippen LogP contribution in [0.2, 0.25) is 0 Å². The second kappa shape index (κ2) is 6.77. The van der Waals surface area contributed by atoms with Crippen LogP contribution in [-0.4, -0.2) is 39.2 Å². The number of hydrogen-bond acceptors (Lipinski definition) is 7. The summed E-state index contributed by atoms with van der Waals surface area (Å²) in [5.41, 5.74) is 3.36. The summed E-state index contributed by atoms with van der Waals surface area (Å²) in [7, 11) is 0. The number of rotatable bonds is 5. The molecule has 2 aromatic heterocycles. The highest BCUT2D eigenvalue weighted by atomic mass is 16.5. The highest BCUT2D eigenvalue weighted by molar-refractivity contribution is 6.39. The predicted octanol–water partition coefficient (Wildman–Crippen LogP) is 0.0563. The summed E-state index contributed by atoms with van der Waals surface area (Å²) in [6.45, 7) is 0.334. The van der Waals surface area contributed by atoms with Crippen LogP contribution in [0.25, 0.3) is 11.4 Å². The second-order valence-electron chi connectivity index (χ2n) is 4.85. The van der Waals surface area contributed by atoms with E-state index in [1.54, 1.807) is 18.5 Å². The van der Waals surface area contributed by atoms with E-state index in [9.17, 15) is 9.59 Å².